The predicted molar refractivity (Wildman–Crippen MR) is 143 cm³/mol. The van der Waals surface area contributed by atoms with E-state index in [0.29, 0.717) is 49.7 Å². The number of anilines is 1. The van der Waals surface area contributed by atoms with Crippen LogP contribution in [0.2, 0.25) is 5.02 Å². The van der Waals surface area contributed by atoms with Crippen LogP contribution in [0, 0.1) is 0 Å². The van der Waals surface area contributed by atoms with Crippen molar-refractivity contribution in [1.82, 2.24) is 15.1 Å². The van der Waals surface area contributed by atoms with Crippen molar-refractivity contribution in [3.05, 3.63) is 101 Å². The molecule has 8 heteroatoms. The van der Waals surface area contributed by atoms with E-state index >= 15 is 0 Å². The van der Waals surface area contributed by atoms with Gasteiger partial charge in [-0.2, -0.15) is 0 Å². The van der Waals surface area contributed by atoms with Crippen molar-refractivity contribution in [3.8, 4) is 0 Å². The summed E-state index contributed by atoms with van der Waals surface area (Å²) in [5.41, 5.74) is 1.72. The minimum Gasteiger partial charge on any atom is -0.350 e. The second-order valence-electron chi connectivity index (χ2n) is 9.50. The molecule has 0 atom stereocenters. The number of benzene rings is 3. The summed E-state index contributed by atoms with van der Waals surface area (Å²) in [6.07, 6.45) is 0.977. The molecule has 0 radical (unpaired) electrons. The van der Waals surface area contributed by atoms with Gasteiger partial charge in [0.2, 0.25) is 5.91 Å². The molecule has 2 aliphatic heterocycles. The average molecular weight is 517 g/mol. The van der Waals surface area contributed by atoms with Crippen molar-refractivity contribution < 1.29 is 14.4 Å². The van der Waals surface area contributed by atoms with E-state index in [1.54, 1.807) is 34.1 Å². The van der Waals surface area contributed by atoms with Crippen LogP contribution in [0.1, 0.15) is 28.8 Å². The first-order valence-electron chi connectivity index (χ1n) is 12.4. The molecule has 2 saturated heterocycles. The Labute approximate surface area is 221 Å². The zero-order chi connectivity index (χ0) is 25.8. The molecule has 7 nitrogen and oxygen atoms in total. The highest BCUT2D eigenvalue weighted by atomic mass is 35.5. The Balaban J connectivity index is 1.30. The number of carbonyl (C=O) groups excluding carboxylic acids is 3. The Morgan fingerprint density at radius 1 is 0.865 bits per heavy atom. The SMILES string of the molecule is O=C(CN1CN(c2ccccc2)C2(CCN(C(=O)c3ccc(Cl)cc3)CC2)C1=O)NCc1ccccc1. The number of nitrogens with zero attached hydrogens (tertiary/aromatic N) is 3. The molecular formula is C29H29ClN4O3. The number of hydrogen-bond donors (Lipinski definition) is 1. The van der Waals surface area contributed by atoms with Gasteiger partial charge in [-0.05, 0) is 54.8 Å². The second-order valence-corrected chi connectivity index (χ2v) is 9.94. The van der Waals surface area contributed by atoms with Crippen molar-refractivity contribution >= 4 is 35.0 Å². The summed E-state index contributed by atoms with van der Waals surface area (Å²) in [6.45, 7) is 1.63. The molecule has 3 amide bonds. The van der Waals surface area contributed by atoms with Gasteiger partial charge in [0.05, 0.1) is 6.67 Å². The smallest absolute Gasteiger partial charge is 0.253 e. The molecule has 5 rings (SSSR count). The quantitative estimate of drug-likeness (QED) is 0.538. The molecular weight excluding hydrogens is 488 g/mol. The number of likely N-dealkylation sites (tertiary alicyclic amines) is 1. The third-order valence-electron chi connectivity index (χ3n) is 7.22. The third-order valence-corrected chi connectivity index (χ3v) is 7.47. The van der Waals surface area contributed by atoms with Crippen LogP contribution in [0.25, 0.3) is 0 Å². The minimum atomic E-state index is -0.794. The van der Waals surface area contributed by atoms with Crippen LogP contribution < -0.4 is 10.2 Å². The summed E-state index contributed by atoms with van der Waals surface area (Å²) in [5.74, 6) is -0.331. The molecule has 190 valence electrons. The van der Waals surface area contributed by atoms with E-state index in [1.165, 1.54) is 0 Å². The summed E-state index contributed by atoms with van der Waals surface area (Å²) in [7, 11) is 0. The molecule has 0 aliphatic carbocycles. The highest BCUT2D eigenvalue weighted by molar-refractivity contribution is 6.30. The Morgan fingerprint density at radius 2 is 1.49 bits per heavy atom. The first-order chi connectivity index (χ1) is 18.0. The standard InChI is InChI=1S/C29H29ClN4O3/c30-24-13-11-23(12-14-24)27(36)32-17-15-29(16-18-32)28(37)33(21-34(29)25-9-5-2-6-10-25)20-26(35)31-19-22-7-3-1-4-8-22/h1-14H,15-21H2,(H,31,35). The number of carbonyl (C=O) groups is 3. The van der Waals surface area contributed by atoms with E-state index in [-0.39, 0.29) is 24.3 Å². The Hall–Kier alpha value is -3.84. The maximum atomic E-state index is 13.8. The van der Waals surface area contributed by atoms with Gasteiger partial charge in [-0.1, -0.05) is 60.1 Å². The van der Waals surface area contributed by atoms with E-state index in [9.17, 15) is 14.4 Å². The monoisotopic (exact) mass is 516 g/mol. The largest absolute Gasteiger partial charge is 0.350 e. The van der Waals surface area contributed by atoms with Gasteiger partial charge >= 0.3 is 0 Å². The second kappa shape index (κ2) is 10.6. The summed E-state index contributed by atoms with van der Waals surface area (Å²) in [5, 5.41) is 3.50. The average Bonchev–Trinajstić information content (AvgIpc) is 3.19. The molecule has 2 aliphatic rings. The van der Waals surface area contributed by atoms with E-state index in [2.05, 4.69) is 10.2 Å². The third kappa shape index (κ3) is 5.18. The van der Waals surface area contributed by atoms with Crippen molar-refractivity contribution in [2.75, 3.05) is 31.2 Å². The van der Waals surface area contributed by atoms with Crippen molar-refractivity contribution in [2.45, 2.75) is 24.9 Å². The number of nitrogens with one attached hydrogen (secondary N) is 1. The number of piperidine rings is 1. The van der Waals surface area contributed by atoms with Crippen LogP contribution in [-0.2, 0) is 16.1 Å². The summed E-state index contributed by atoms with van der Waals surface area (Å²) >= 11 is 5.97. The van der Waals surface area contributed by atoms with Crippen molar-refractivity contribution in [3.63, 3.8) is 0 Å². The molecule has 2 fully saturated rings. The topological polar surface area (TPSA) is 73.0 Å². The fraction of sp³-hybridized carbons (Fsp3) is 0.276. The van der Waals surface area contributed by atoms with E-state index in [0.717, 1.165) is 11.3 Å². The molecule has 1 N–H and O–H groups in total. The maximum absolute atomic E-state index is 13.8. The summed E-state index contributed by atoms with van der Waals surface area (Å²) in [6, 6.07) is 26.4. The Morgan fingerprint density at radius 3 is 2.14 bits per heavy atom. The van der Waals surface area contributed by atoms with Gasteiger partial charge in [-0.25, -0.2) is 0 Å². The molecule has 37 heavy (non-hydrogen) atoms. The number of para-hydroxylation sites is 1. The number of rotatable bonds is 6. The van der Waals surface area contributed by atoms with Gasteiger partial charge in [0.15, 0.2) is 0 Å². The van der Waals surface area contributed by atoms with Crippen LogP contribution in [0.15, 0.2) is 84.9 Å². The number of halogens is 1. The zero-order valence-corrected chi connectivity index (χ0v) is 21.2. The molecule has 0 unspecified atom stereocenters. The Bertz CT molecular complexity index is 1260. The fourth-order valence-electron chi connectivity index (χ4n) is 5.20. The molecule has 2 heterocycles. The van der Waals surface area contributed by atoms with Crippen LogP contribution >= 0.6 is 11.6 Å². The fourth-order valence-corrected chi connectivity index (χ4v) is 5.33. The van der Waals surface area contributed by atoms with Crippen LogP contribution in [0.5, 0.6) is 0 Å². The number of hydrogen-bond acceptors (Lipinski definition) is 4. The van der Waals surface area contributed by atoms with Gasteiger partial charge in [0, 0.05) is 35.9 Å². The maximum Gasteiger partial charge on any atom is 0.253 e. The van der Waals surface area contributed by atoms with E-state index in [1.807, 2.05) is 60.7 Å². The van der Waals surface area contributed by atoms with Crippen LogP contribution in [-0.4, -0.2) is 59.4 Å². The highest BCUT2D eigenvalue weighted by Gasteiger charge is 2.54. The molecule has 1 spiro atoms. The van der Waals surface area contributed by atoms with Crippen molar-refractivity contribution in [2.24, 2.45) is 0 Å². The van der Waals surface area contributed by atoms with Crippen LogP contribution in [0.3, 0.4) is 0 Å². The van der Waals surface area contributed by atoms with E-state index < -0.39 is 5.54 Å². The zero-order valence-electron chi connectivity index (χ0n) is 20.5. The molecule has 0 bridgehead atoms. The normalized spacial score (nSPS) is 16.8. The van der Waals surface area contributed by atoms with Gasteiger partial charge in [-0.15, -0.1) is 0 Å². The number of amides is 3. The predicted octanol–water partition coefficient (Wildman–Crippen LogP) is 3.94. The molecule has 3 aromatic rings. The molecule has 0 saturated carbocycles. The van der Waals surface area contributed by atoms with Gasteiger partial charge in [0.1, 0.15) is 12.1 Å². The highest BCUT2D eigenvalue weighted by Crippen LogP contribution is 2.39. The molecule has 0 aromatic heterocycles. The molecule has 3 aromatic carbocycles. The summed E-state index contributed by atoms with van der Waals surface area (Å²) in [4.78, 5) is 45.2. The van der Waals surface area contributed by atoms with Gasteiger partial charge in [0.25, 0.3) is 11.8 Å². The van der Waals surface area contributed by atoms with Crippen LogP contribution in [0.4, 0.5) is 5.69 Å². The lowest BCUT2D eigenvalue weighted by Crippen LogP contribution is -2.57. The Kier molecular flexibility index (Phi) is 7.15. The van der Waals surface area contributed by atoms with E-state index in [4.69, 9.17) is 11.6 Å². The van der Waals surface area contributed by atoms with Gasteiger partial charge < -0.3 is 20.0 Å². The lowest BCUT2D eigenvalue weighted by molar-refractivity contribution is -0.137. The lowest BCUT2D eigenvalue weighted by atomic mass is 9.85. The lowest BCUT2D eigenvalue weighted by Gasteiger charge is -2.43. The first kappa shape index (κ1) is 24.8. The minimum absolute atomic E-state index is 0.00975. The van der Waals surface area contributed by atoms with Crippen molar-refractivity contribution in [1.29, 1.82) is 0 Å². The first-order valence-corrected chi connectivity index (χ1v) is 12.8. The van der Waals surface area contributed by atoms with Gasteiger partial charge in [-0.3, -0.25) is 14.4 Å². The summed E-state index contributed by atoms with van der Waals surface area (Å²) < 4.78 is 0.